The number of anilines is 1. The van der Waals surface area contributed by atoms with Crippen LogP contribution in [0.15, 0.2) is 48.9 Å². The predicted molar refractivity (Wildman–Crippen MR) is 98.4 cm³/mol. The number of pyridine rings is 1. The Labute approximate surface area is 154 Å². The lowest BCUT2D eigenvalue weighted by Crippen LogP contribution is -2.28. The van der Waals surface area contributed by atoms with Crippen LogP contribution in [0.25, 0.3) is 5.82 Å². The number of imidazole rings is 1. The highest BCUT2D eigenvalue weighted by Crippen LogP contribution is 2.25. The van der Waals surface area contributed by atoms with Gasteiger partial charge < -0.3 is 10.6 Å². The van der Waals surface area contributed by atoms with E-state index in [1.807, 2.05) is 29.8 Å². The van der Waals surface area contributed by atoms with Crippen molar-refractivity contribution >= 4 is 34.9 Å². The molecule has 0 radical (unpaired) electrons. The Morgan fingerprint density at radius 1 is 1.20 bits per heavy atom. The summed E-state index contributed by atoms with van der Waals surface area (Å²) in [5, 5.41) is 6.32. The number of aromatic nitrogens is 3. The maximum Gasteiger partial charge on any atom is 0.319 e. The normalized spacial score (nSPS) is 10.5. The molecule has 0 aliphatic heterocycles. The van der Waals surface area contributed by atoms with Crippen molar-refractivity contribution in [3.8, 4) is 5.82 Å². The van der Waals surface area contributed by atoms with E-state index in [4.69, 9.17) is 23.2 Å². The number of hydrogen-bond acceptors (Lipinski definition) is 3. The molecule has 0 saturated heterocycles. The zero-order valence-electron chi connectivity index (χ0n) is 13.3. The van der Waals surface area contributed by atoms with Crippen molar-refractivity contribution in [1.29, 1.82) is 0 Å². The first-order valence-corrected chi connectivity index (χ1v) is 8.23. The number of aryl methyl sites for hydroxylation is 1. The van der Waals surface area contributed by atoms with Crippen LogP contribution < -0.4 is 10.6 Å². The minimum atomic E-state index is -0.376. The van der Waals surface area contributed by atoms with E-state index in [0.717, 1.165) is 17.2 Å². The zero-order chi connectivity index (χ0) is 17.8. The number of amides is 2. The number of nitrogens with one attached hydrogen (secondary N) is 2. The number of rotatable bonds is 4. The molecule has 128 valence electrons. The second-order valence-corrected chi connectivity index (χ2v) is 6.14. The van der Waals surface area contributed by atoms with Gasteiger partial charge in [0.2, 0.25) is 0 Å². The van der Waals surface area contributed by atoms with Crippen LogP contribution in [-0.2, 0) is 6.54 Å². The molecule has 0 aliphatic rings. The Morgan fingerprint density at radius 2 is 2.04 bits per heavy atom. The third-order valence-corrected chi connectivity index (χ3v) is 4.08. The summed E-state index contributed by atoms with van der Waals surface area (Å²) in [5.41, 5.74) is 1.32. The molecule has 2 N–H and O–H groups in total. The van der Waals surface area contributed by atoms with Gasteiger partial charge in [0.25, 0.3) is 0 Å². The molecule has 2 amide bonds. The summed E-state index contributed by atoms with van der Waals surface area (Å²) in [6.45, 7) is 2.24. The smallest absolute Gasteiger partial charge is 0.319 e. The number of hydrogen-bond donors (Lipinski definition) is 2. The van der Waals surface area contributed by atoms with E-state index < -0.39 is 0 Å². The van der Waals surface area contributed by atoms with Crippen molar-refractivity contribution in [2.24, 2.45) is 0 Å². The van der Waals surface area contributed by atoms with Gasteiger partial charge in [-0.1, -0.05) is 29.3 Å². The molecule has 0 unspecified atom stereocenters. The van der Waals surface area contributed by atoms with Crippen molar-refractivity contribution in [3.05, 3.63) is 70.4 Å². The topological polar surface area (TPSA) is 71.8 Å². The number of halogens is 2. The van der Waals surface area contributed by atoms with Crippen LogP contribution in [0, 0.1) is 6.92 Å². The van der Waals surface area contributed by atoms with Gasteiger partial charge in [0, 0.05) is 30.2 Å². The minimum Gasteiger partial charge on any atom is -0.334 e. The van der Waals surface area contributed by atoms with Gasteiger partial charge in [0.15, 0.2) is 0 Å². The fourth-order valence-corrected chi connectivity index (χ4v) is 2.56. The van der Waals surface area contributed by atoms with Gasteiger partial charge in [-0.05, 0) is 36.8 Å². The Bertz CT molecular complexity index is 892. The molecule has 25 heavy (non-hydrogen) atoms. The summed E-state index contributed by atoms with van der Waals surface area (Å²) >= 11 is 11.9. The second-order valence-electron chi connectivity index (χ2n) is 5.30. The van der Waals surface area contributed by atoms with E-state index in [2.05, 4.69) is 20.6 Å². The molecule has 8 heteroatoms. The molecule has 1 aromatic carbocycles. The van der Waals surface area contributed by atoms with Crippen LogP contribution >= 0.6 is 23.2 Å². The lowest BCUT2D eigenvalue weighted by Gasteiger charge is -2.10. The Balaban J connectivity index is 1.59. The summed E-state index contributed by atoms with van der Waals surface area (Å²) < 4.78 is 1.88. The first-order chi connectivity index (χ1) is 12.0. The quantitative estimate of drug-likeness (QED) is 0.717. The molecule has 3 aromatic rings. The van der Waals surface area contributed by atoms with Crippen LogP contribution in [0.5, 0.6) is 0 Å². The molecule has 2 aromatic heterocycles. The summed E-state index contributed by atoms with van der Waals surface area (Å²) in [5.74, 6) is 1.63. The van der Waals surface area contributed by atoms with Gasteiger partial charge in [-0.3, -0.25) is 4.57 Å². The molecule has 0 saturated carbocycles. The van der Waals surface area contributed by atoms with Crippen molar-refractivity contribution < 1.29 is 4.79 Å². The zero-order valence-corrected chi connectivity index (χ0v) is 14.8. The summed E-state index contributed by atoms with van der Waals surface area (Å²) in [6, 6.07) is 8.26. The summed E-state index contributed by atoms with van der Waals surface area (Å²) in [6.07, 6.45) is 5.27. The number of carbonyl (C=O) groups is 1. The summed E-state index contributed by atoms with van der Waals surface area (Å²) in [4.78, 5) is 20.5. The monoisotopic (exact) mass is 375 g/mol. The molecule has 0 spiro atoms. The molecular weight excluding hydrogens is 361 g/mol. The Morgan fingerprint density at radius 3 is 2.72 bits per heavy atom. The third-order valence-electron chi connectivity index (χ3n) is 3.51. The van der Waals surface area contributed by atoms with Gasteiger partial charge in [-0.25, -0.2) is 14.8 Å². The van der Waals surface area contributed by atoms with Gasteiger partial charge in [0.1, 0.15) is 11.6 Å². The van der Waals surface area contributed by atoms with Crippen LogP contribution in [0.3, 0.4) is 0 Å². The summed E-state index contributed by atoms with van der Waals surface area (Å²) in [7, 11) is 0. The number of benzene rings is 1. The van der Waals surface area contributed by atoms with Crippen LogP contribution in [0.4, 0.5) is 10.5 Å². The molecule has 2 heterocycles. The van der Waals surface area contributed by atoms with E-state index in [1.54, 1.807) is 30.6 Å². The van der Waals surface area contributed by atoms with Gasteiger partial charge in [-0.15, -0.1) is 0 Å². The van der Waals surface area contributed by atoms with Gasteiger partial charge in [0.05, 0.1) is 10.7 Å². The minimum absolute atomic E-state index is 0.334. The van der Waals surface area contributed by atoms with E-state index in [9.17, 15) is 4.79 Å². The molecule has 0 bridgehead atoms. The first-order valence-electron chi connectivity index (χ1n) is 7.48. The Hall–Kier alpha value is -2.57. The molecular formula is C17H15Cl2N5O. The highest BCUT2D eigenvalue weighted by atomic mass is 35.5. The van der Waals surface area contributed by atoms with Crippen molar-refractivity contribution in [2.45, 2.75) is 13.5 Å². The van der Waals surface area contributed by atoms with Crippen LogP contribution in [0.2, 0.25) is 10.0 Å². The first kappa shape index (κ1) is 17.3. The predicted octanol–water partition coefficient (Wildman–Crippen LogP) is 4.20. The highest BCUT2D eigenvalue weighted by Gasteiger charge is 2.07. The van der Waals surface area contributed by atoms with Gasteiger partial charge >= 0.3 is 6.03 Å². The van der Waals surface area contributed by atoms with Crippen LogP contribution in [-0.4, -0.2) is 20.6 Å². The molecule has 0 fully saturated rings. The molecule has 6 nitrogen and oxygen atoms in total. The van der Waals surface area contributed by atoms with E-state index in [-0.39, 0.29) is 6.03 Å². The van der Waals surface area contributed by atoms with E-state index in [1.165, 1.54) is 0 Å². The third kappa shape index (κ3) is 4.29. The van der Waals surface area contributed by atoms with E-state index >= 15 is 0 Å². The fourth-order valence-electron chi connectivity index (χ4n) is 2.23. The lowest BCUT2D eigenvalue weighted by atomic mass is 10.3. The van der Waals surface area contributed by atoms with E-state index in [0.29, 0.717) is 22.3 Å². The standard InChI is InChI=1S/C17H15Cl2N5O/c1-11-20-6-7-24(11)16-5-2-12(9-21-16)10-22-17(25)23-15-8-13(18)3-4-14(15)19/h2-9H,10H2,1H3,(H2,22,23,25). The number of urea groups is 1. The second kappa shape index (κ2) is 7.55. The highest BCUT2D eigenvalue weighted by molar-refractivity contribution is 6.35. The Kier molecular flexibility index (Phi) is 5.21. The largest absolute Gasteiger partial charge is 0.334 e. The van der Waals surface area contributed by atoms with Crippen molar-refractivity contribution in [2.75, 3.05) is 5.32 Å². The lowest BCUT2D eigenvalue weighted by molar-refractivity contribution is 0.251. The number of carbonyl (C=O) groups excluding carboxylic acids is 1. The fraction of sp³-hybridized carbons (Fsp3) is 0.118. The average Bonchev–Trinajstić information content (AvgIpc) is 3.03. The van der Waals surface area contributed by atoms with Crippen molar-refractivity contribution in [1.82, 2.24) is 19.9 Å². The molecule has 3 rings (SSSR count). The maximum absolute atomic E-state index is 12.0. The van der Waals surface area contributed by atoms with Crippen molar-refractivity contribution in [3.63, 3.8) is 0 Å². The molecule has 0 aliphatic carbocycles. The molecule has 0 atom stereocenters. The SMILES string of the molecule is Cc1nccn1-c1ccc(CNC(=O)Nc2cc(Cl)ccc2Cl)cn1. The maximum atomic E-state index is 12.0. The number of nitrogens with zero attached hydrogens (tertiary/aromatic N) is 3. The average molecular weight is 376 g/mol. The van der Waals surface area contributed by atoms with Gasteiger partial charge in [-0.2, -0.15) is 0 Å². The van der Waals surface area contributed by atoms with Crippen LogP contribution in [0.1, 0.15) is 11.4 Å².